The second kappa shape index (κ2) is 5.93. The Kier molecular flexibility index (Phi) is 4.28. The summed E-state index contributed by atoms with van der Waals surface area (Å²) in [6.07, 6.45) is 7.35. The van der Waals surface area contributed by atoms with E-state index in [1.807, 2.05) is 7.05 Å². The quantitative estimate of drug-likeness (QED) is 0.762. The van der Waals surface area contributed by atoms with Gasteiger partial charge < -0.3 is 15.8 Å². The zero-order valence-electron chi connectivity index (χ0n) is 10.2. The molecule has 0 spiro atoms. The summed E-state index contributed by atoms with van der Waals surface area (Å²) in [6.45, 7) is 0.922. The molecule has 3 unspecified atom stereocenters. The molecule has 5 heteroatoms. The fourth-order valence-corrected chi connectivity index (χ4v) is 2.28. The molecule has 3 N–H and O–H groups in total. The van der Waals surface area contributed by atoms with Gasteiger partial charge in [0.25, 0.3) is 0 Å². The van der Waals surface area contributed by atoms with E-state index in [2.05, 4.69) is 15.3 Å². The fraction of sp³-hybridized carbons (Fsp3) is 0.667. The van der Waals surface area contributed by atoms with Gasteiger partial charge in [0.2, 0.25) is 0 Å². The van der Waals surface area contributed by atoms with Gasteiger partial charge in [-0.25, -0.2) is 9.97 Å². The number of nitrogens with two attached hydrogens (primary N) is 1. The number of anilines is 1. The van der Waals surface area contributed by atoms with Crippen molar-refractivity contribution in [1.29, 1.82) is 0 Å². The Hall–Kier alpha value is -1.20. The molecular formula is C12H20N4O. The molecule has 0 aromatic carbocycles. The number of hydrogen-bond acceptors (Lipinski definition) is 5. The van der Waals surface area contributed by atoms with E-state index in [-0.39, 0.29) is 0 Å². The molecule has 3 atom stereocenters. The molecule has 4 rings (SSSR count). The highest BCUT2D eigenvalue weighted by molar-refractivity contribution is 5.29. The number of nitrogens with one attached hydrogen (secondary N) is 1. The van der Waals surface area contributed by atoms with Gasteiger partial charge >= 0.3 is 0 Å². The standard InChI is InChI=1S/C7H13NO.C5H7N3/c8-7-3-6-2-1-5(7)4-9-6;1-6-5-2-3-7-4-8-5/h5-7H,1-4,8H2;2-4H,1H3,(H,6,7,8). The molecule has 3 heterocycles. The van der Waals surface area contributed by atoms with Crippen LogP contribution in [0.1, 0.15) is 19.3 Å². The summed E-state index contributed by atoms with van der Waals surface area (Å²) in [5.74, 6) is 1.52. The molecular weight excluding hydrogens is 216 g/mol. The van der Waals surface area contributed by atoms with Gasteiger partial charge in [-0.15, -0.1) is 0 Å². The average Bonchev–Trinajstić information content (AvgIpc) is 2.41. The van der Waals surface area contributed by atoms with Gasteiger partial charge in [-0.2, -0.15) is 0 Å². The normalized spacial score (nSPS) is 30.4. The largest absolute Gasteiger partial charge is 0.378 e. The van der Waals surface area contributed by atoms with Crippen molar-refractivity contribution < 1.29 is 4.74 Å². The zero-order valence-corrected chi connectivity index (χ0v) is 10.2. The molecule has 1 aromatic rings. The van der Waals surface area contributed by atoms with E-state index in [1.54, 1.807) is 12.3 Å². The summed E-state index contributed by atoms with van der Waals surface area (Å²) in [5, 5.41) is 2.88. The molecule has 3 fully saturated rings. The summed E-state index contributed by atoms with van der Waals surface area (Å²) >= 11 is 0. The van der Waals surface area contributed by atoms with Crippen LogP contribution in [0.15, 0.2) is 18.6 Å². The Morgan fingerprint density at radius 2 is 2.35 bits per heavy atom. The molecule has 0 amide bonds. The zero-order chi connectivity index (χ0) is 12.1. The second-order valence-electron chi connectivity index (χ2n) is 4.54. The predicted molar refractivity (Wildman–Crippen MR) is 66.6 cm³/mol. The van der Waals surface area contributed by atoms with Crippen LogP contribution in [0, 0.1) is 5.92 Å². The van der Waals surface area contributed by atoms with Gasteiger partial charge in [-0.3, -0.25) is 0 Å². The second-order valence-corrected chi connectivity index (χ2v) is 4.54. The van der Waals surface area contributed by atoms with Crippen molar-refractivity contribution >= 4 is 5.82 Å². The Morgan fingerprint density at radius 3 is 2.65 bits per heavy atom. The smallest absolute Gasteiger partial charge is 0.129 e. The summed E-state index contributed by atoms with van der Waals surface area (Å²) in [7, 11) is 1.82. The third kappa shape index (κ3) is 3.38. The first-order valence-electron chi connectivity index (χ1n) is 6.10. The Labute approximate surface area is 102 Å². The number of fused-ring (bicyclic) bond motifs is 3. The highest BCUT2D eigenvalue weighted by Crippen LogP contribution is 2.31. The van der Waals surface area contributed by atoms with Gasteiger partial charge in [0.05, 0.1) is 12.7 Å². The highest BCUT2D eigenvalue weighted by atomic mass is 16.5. The van der Waals surface area contributed by atoms with Crippen LogP contribution in [-0.2, 0) is 4.74 Å². The molecule has 2 bridgehead atoms. The summed E-state index contributed by atoms with van der Waals surface area (Å²) < 4.78 is 5.47. The third-order valence-electron chi connectivity index (χ3n) is 3.38. The molecule has 0 radical (unpaired) electrons. The minimum absolute atomic E-state index is 0.442. The first kappa shape index (κ1) is 12.3. The minimum Gasteiger partial charge on any atom is -0.378 e. The number of nitrogens with zero attached hydrogens (tertiary/aromatic N) is 2. The van der Waals surface area contributed by atoms with E-state index in [4.69, 9.17) is 10.5 Å². The molecule has 5 nitrogen and oxygen atoms in total. The van der Waals surface area contributed by atoms with E-state index < -0.39 is 0 Å². The van der Waals surface area contributed by atoms with E-state index in [1.165, 1.54) is 19.2 Å². The van der Waals surface area contributed by atoms with E-state index >= 15 is 0 Å². The van der Waals surface area contributed by atoms with Gasteiger partial charge in [0, 0.05) is 19.3 Å². The minimum atomic E-state index is 0.442. The molecule has 1 aromatic heterocycles. The molecule has 3 aliphatic rings. The number of hydrogen-bond donors (Lipinski definition) is 2. The summed E-state index contributed by atoms with van der Waals surface area (Å²) in [4.78, 5) is 7.62. The van der Waals surface area contributed by atoms with Crippen molar-refractivity contribution in [3.05, 3.63) is 18.6 Å². The van der Waals surface area contributed by atoms with Crippen molar-refractivity contribution in [2.45, 2.75) is 31.4 Å². The van der Waals surface area contributed by atoms with Gasteiger partial charge in [0.15, 0.2) is 0 Å². The van der Waals surface area contributed by atoms with Crippen LogP contribution in [0.2, 0.25) is 0 Å². The van der Waals surface area contributed by atoms with Crippen LogP contribution < -0.4 is 11.1 Å². The maximum absolute atomic E-state index is 5.84. The summed E-state index contributed by atoms with van der Waals surface area (Å²) in [6, 6.07) is 2.25. The van der Waals surface area contributed by atoms with E-state index in [9.17, 15) is 0 Å². The maximum atomic E-state index is 5.84. The van der Waals surface area contributed by atoms with Crippen LogP contribution in [0.3, 0.4) is 0 Å². The highest BCUT2D eigenvalue weighted by Gasteiger charge is 2.33. The third-order valence-corrected chi connectivity index (χ3v) is 3.38. The molecule has 2 aliphatic heterocycles. The monoisotopic (exact) mass is 236 g/mol. The number of aromatic nitrogens is 2. The predicted octanol–water partition coefficient (Wildman–Crippen LogP) is 1.03. The molecule has 17 heavy (non-hydrogen) atoms. The first-order chi connectivity index (χ1) is 8.29. The van der Waals surface area contributed by atoms with Gasteiger partial charge in [0.1, 0.15) is 12.1 Å². The fourth-order valence-electron chi connectivity index (χ4n) is 2.28. The van der Waals surface area contributed by atoms with Gasteiger partial charge in [-0.05, 0) is 31.2 Å². The van der Waals surface area contributed by atoms with E-state index in [0.29, 0.717) is 18.1 Å². The molecule has 2 saturated heterocycles. The summed E-state index contributed by atoms with van der Waals surface area (Å²) in [5.41, 5.74) is 5.84. The average molecular weight is 236 g/mol. The van der Waals surface area contributed by atoms with Crippen molar-refractivity contribution in [3.63, 3.8) is 0 Å². The lowest BCUT2D eigenvalue weighted by molar-refractivity contribution is -0.0715. The number of ether oxygens (including phenoxy) is 1. The lowest BCUT2D eigenvalue weighted by Crippen LogP contribution is -2.47. The van der Waals surface area contributed by atoms with Crippen LogP contribution in [0.4, 0.5) is 5.82 Å². The molecule has 1 saturated carbocycles. The van der Waals surface area contributed by atoms with Crippen LogP contribution >= 0.6 is 0 Å². The topological polar surface area (TPSA) is 73.1 Å². The van der Waals surface area contributed by atoms with Crippen LogP contribution in [-0.4, -0.2) is 35.8 Å². The Balaban J connectivity index is 0.000000128. The number of rotatable bonds is 1. The van der Waals surface area contributed by atoms with Crippen molar-refractivity contribution in [3.8, 4) is 0 Å². The van der Waals surface area contributed by atoms with Crippen molar-refractivity contribution in [2.24, 2.45) is 11.7 Å². The first-order valence-corrected chi connectivity index (χ1v) is 6.10. The van der Waals surface area contributed by atoms with Crippen molar-refractivity contribution in [1.82, 2.24) is 9.97 Å². The van der Waals surface area contributed by atoms with Crippen molar-refractivity contribution in [2.75, 3.05) is 19.0 Å². The maximum Gasteiger partial charge on any atom is 0.129 e. The Bertz CT molecular complexity index is 325. The van der Waals surface area contributed by atoms with E-state index in [0.717, 1.165) is 18.8 Å². The van der Waals surface area contributed by atoms with Gasteiger partial charge in [-0.1, -0.05) is 0 Å². The van der Waals surface area contributed by atoms with Crippen LogP contribution in [0.5, 0.6) is 0 Å². The molecule has 94 valence electrons. The Morgan fingerprint density at radius 1 is 1.47 bits per heavy atom. The lowest BCUT2D eigenvalue weighted by atomic mass is 9.81. The molecule has 1 aliphatic carbocycles. The lowest BCUT2D eigenvalue weighted by Gasteiger charge is -2.40. The SMILES string of the molecule is CNc1ccncn1.NC1CC2CCC1CO2. The van der Waals surface area contributed by atoms with Crippen LogP contribution in [0.25, 0.3) is 0 Å².